The van der Waals surface area contributed by atoms with Gasteiger partial charge in [0.05, 0.1) is 34.0 Å². The lowest BCUT2D eigenvalue weighted by Gasteiger charge is -2.41. The highest BCUT2D eigenvalue weighted by Gasteiger charge is 2.33. The minimum absolute atomic E-state index is 0.153. The third kappa shape index (κ3) is 5.90. The molecule has 0 saturated carbocycles. The van der Waals surface area contributed by atoms with Crippen molar-refractivity contribution in [3.05, 3.63) is 69.0 Å². The minimum Gasteiger partial charge on any atom is -0.444 e. The Morgan fingerprint density at radius 1 is 1.18 bits per heavy atom. The molecule has 4 heterocycles. The van der Waals surface area contributed by atoms with Crippen molar-refractivity contribution in [2.75, 3.05) is 31.1 Å². The third-order valence-corrected chi connectivity index (χ3v) is 8.00. The van der Waals surface area contributed by atoms with Crippen LogP contribution in [0.3, 0.4) is 0 Å². The summed E-state index contributed by atoms with van der Waals surface area (Å²) in [4.78, 5) is 39.9. The molecule has 234 valence electrons. The molecule has 1 aromatic carbocycles. The Balaban J connectivity index is 1.73. The van der Waals surface area contributed by atoms with E-state index in [1.54, 1.807) is 29.2 Å². The number of carbonyl (C=O) groups excluding carboxylic acids is 1. The van der Waals surface area contributed by atoms with Crippen molar-refractivity contribution in [3.63, 3.8) is 0 Å². The van der Waals surface area contributed by atoms with E-state index < -0.39 is 23.2 Å². The zero-order valence-electron chi connectivity index (χ0n) is 26.1. The molecular weight excluding hydrogens is 587 g/mol. The Kier molecular flexibility index (Phi) is 8.48. The van der Waals surface area contributed by atoms with Crippen LogP contribution < -0.4 is 10.6 Å². The first-order valence-electron chi connectivity index (χ1n) is 14.7. The van der Waals surface area contributed by atoms with Gasteiger partial charge in [-0.2, -0.15) is 4.98 Å². The molecule has 0 radical (unpaired) electrons. The van der Waals surface area contributed by atoms with E-state index in [1.807, 2.05) is 59.4 Å². The molecule has 0 unspecified atom stereocenters. The van der Waals surface area contributed by atoms with Gasteiger partial charge < -0.3 is 14.5 Å². The van der Waals surface area contributed by atoms with Gasteiger partial charge in [0.15, 0.2) is 5.65 Å². The highest BCUT2D eigenvalue weighted by Crippen LogP contribution is 2.37. The van der Waals surface area contributed by atoms with Crippen LogP contribution in [-0.4, -0.2) is 73.6 Å². The highest BCUT2D eigenvalue weighted by molar-refractivity contribution is 6.34. The molecule has 5 rings (SSSR count). The highest BCUT2D eigenvalue weighted by atomic mass is 35.5. The molecule has 2 aliphatic rings. The molecule has 0 spiro atoms. The van der Waals surface area contributed by atoms with E-state index in [1.165, 1.54) is 10.6 Å². The van der Waals surface area contributed by atoms with Crippen molar-refractivity contribution in [1.29, 1.82) is 0 Å². The molecule has 2 aromatic heterocycles. The van der Waals surface area contributed by atoms with Crippen molar-refractivity contribution >= 4 is 40.2 Å². The molecule has 44 heavy (non-hydrogen) atoms. The summed E-state index contributed by atoms with van der Waals surface area (Å²) in [5.41, 5.74) is 1.11. The summed E-state index contributed by atoms with van der Waals surface area (Å²) < 4.78 is 22.0. The van der Waals surface area contributed by atoms with Gasteiger partial charge in [-0.15, -0.1) is 0 Å². The second-order valence-electron chi connectivity index (χ2n) is 12.5. The fraction of sp³-hybridized carbons (Fsp3) is 0.438. The molecule has 0 bridgehead atoms. The van der Waals surface area contributed by atoms with Crippen molar-refractivity contribution in [2.45, 2.75) is 60.1 Å². The monoisotopic (exact) mass is 624 g/mol. The maximum Gasteiger partial charge on any atom is 0.410 e. The van der Waals surface area contributed by atoms with Gasteiger partial charge in [0, 0.05) is 31.2 Å². The first-order chi connectivity index (χ1) is 20.7. The van der Waals surface area contributed by atoms with Gasteiger partial charge >= 0.3 is 11.8 Å². The number of piperazine rings is 1. The summed E-state index contributed by atoms with van der Waals surface area (Å²) >= 11 is 6.79. The fourth-order valence-corrected chi connectivity index (χ4v) is 5.99. The normalized spacial score (nSPS) is 17.9. The van der Waals surface area contributed by atoms with Crippen molar-refractivity contribution in [1.82, 2.24) is 24.5 Å². The van der Waals surface area contributed by atoms with Crippen LogP contribution in [0.15, 0.2) is 52.5 Å². The molecular formula is C32H38ClFN6O4. The standard InChI is InChI=1S/C32H38ClFN6O4/c1-18(2)26-27(19(3)12-13-39(26)43)40-29-22(16-23(33)25(35-29)21-10-8-9-11-24(21)34)28(36-30(40)41)38-15-14-37(17-20(38)4)31(42)44-32(5,6)7/h8-12,16,18,20,43H,13-15,17H2,1-7H3/t20-/m0/s1. The van der Waals surface area contributed by atoms with E-state index in [2.05, 4.69) is 4.98 Å². The summed E-state index contributed by atoms with van der Waals surface area (Å²) in [5, 5.41) is 12.6. The first-order valence-corrected chi connectivity index (χ1v) is 15.1. The van der Waals surface area contributed by atoms with Crippen LogP contribution in [0.25, 0.3) is 28.0 Å². The summed E-state index contributed by atoms with van der Waals surface area (Å²) in [5.74, 6) is -0.301. The van der Waals surface area contributed by atoms with E-state index in [4.69, 9.17) is 21.3 Å². The number of ether oxygens (including phenoxy) is 1. The summed E-state index contributed by atoms with van der Waals surface area (Å²) in [6.45, 7) is 14.5. The number of rotatable bonds is 4. The number of benzene rings is 1. The Bertz CT molecular complexity index is 1740. The number of allylic oxidation sites excluding steroid dienone is 3. The van der Waals surface area contributed by atoms with Gasteiger partial charge in [-0.25, -0.2) is 23.5 Å². The van der Waals surface area contributed by atoms with Gasteiger partial charge in [-0.3, -0.25) is 10.3 Å². The number of aromatic nitrogens is 3. The smallest absolute Gasteiger partial charge is 0.410 e. The Labute approximate surface area is 261 Å². The predicted molar refractivity (Wildman–Crippen MR) is 169 cm³/mol. The fourth-order valence-electron chi connectivity index (χ4n) is 5.74. The molecule has 1 N–H and O–H groups in total. The number of hydroxylamine groups is 2. The minimum atomic E-state index is -0.628. The molecule has 0 aliphatic carbocycles. The number of hydrogen-bond acceptors (Lipinski definition) is 8. The lowest BCUT2D eigenvalue weighted by molar-refractivity contribution is -0.0534. The zero-order valence-corrected chi connectivity index (χ0v) is 26.8. The number of fused-ring (bicyclic) bond motifs is 1. The predicted octanol–water partition coefficient (Wildman–Crippen LogP) is 6.17. The molecule has 1 saturated heterocycles. The number of hydrogen-bond donors (Lipinski definition) is 1. The molecule has 1 fully saturated rings. The van der Waals surface area contributed by atoms with E-state index >= 15 is 4.39 Å². The summed E-state index contributed by atoms with van der Waals surface area (Å²) in [7, 11) is 0. The van der Waals surface area contributed by atoms with Crippen LogP contribution in [-0.2, 0) is 4.74 Å². The first kappa shape index (κ1) is 31.5. The molecule has 12 heteroatoms. The molecule has 1 atom stereocenters. The van der Waals surface area contributed by atoms with Crippen molar-refractivity contribution in [3.8, 4) is 11.3 Å². The lowest BCUT2D eigenvalue weighted by atomic mass is 10.00. The quantitative estimate of drug-likeness (QED) is 0.367. The van der Waals surface area contributed by atoms with Gasteiger partial charge in [0.25, 0.3) is 0 Å². The van der Waals surface area contributed by atoms with Crippen LogP contribution >= 0.6 is 11.6 Å². The van der Waals surface area contributed by atoms with Gasteiger partial charge in [-0.05, 0) is 64.3 Å². The molecule has 1 amide bonds. The average molecular weight is 625 g/mol. The topological polar surface area (TPSA) is 104 Å². The zero-order chi connectivity index (χ0) is 32.1. The van der Waals surface area contributed by atoms with Crippen LogP contribution in [0, 0.1) is 11.7 Å². The van der Waals surface area contributed by atoms with Crippen molar-refractivity contribution < 1.29 is 19.1 Å². The number of nitrogens with zero attached hydrogens (tertiary/aromatic N) is 6. The summed E-state index contributed by atoms with van der Waals surface area (Å²) in [6.07, 6.45) is 1.41. The average Bonchev–Trinajstić information content (AvgIpc) is 2.93. The number of pyridine rings is 1. The number of amides is 1. The second-order valence-corrected chi connectivity index (χ2v) is 13.0. The maximum atomic E-state index is 15.0. The SMILES string of the molecule is CC1=CCN(O)C(C(C)C)=C1n1c(=O)nc(N2CCN(C(=O)OC(C)(C)C)C[C@@H]2C)c2cc(Cl)c(-c3ccccc3F)nc21. The van der Waals surface area contributed by atoms with Crippen LogP contribution in [0.1, 0.15) is 48.5 Å². The van der Waals surface area contributed by atoms with E-state index in [0.29, 0.717) is 42.2 Å². The largest absolute Gasteiger partial charge is 0.444 e. The molecule has 3 aromatic rings. The maximum absolute atomic E-state index is 15.0. The summed E-state index contributed by atoms with van der Waals surface area (Å²) in [6, 6.07) is 7.60. The Morgan fingerprint density at radius 2 is 1.89 bits per heavy atom. The second kappa shape index (κ2) is 11.9. The van der Waals surface area contributed by atoms with Gasteiger partial charge in [0.1, 0.15) is 17.2 Å². The van der Waals surface area contributed by atoms with E-state index in [0.717, 1.165) is 10.6 Å². The van der Waals surface area contributed by atoms with E-state index in [9.17, 15) is 14.8 Å². The molecule has 2 aliphatic heterocycles. The number of halogens is 2. The van der Waals surface area contributed by atoms with Crippen molar-refractivity contribution in [2.24, 2.45) is 5.92 Å². The number of carbonyl (C=O) groups is 1. The van der Waals surface area contributed by atoms with Crippen LogP contribution in [0.2, 0.25) is 5.02 Å². The van der Waals surface area contributed by atoms with Gasteiger partial charge in [-0.1, -0.05) is 43.7 Å². The third-order valence-electron chi connectivity index (χ3n) is 7.72. The van der Waals surface area contributed by atoms with Crippen LogP contribution in [0.4, 0.5) is 15.0 Å². The van der Waals surface area contributed by atoms with Gasteiger partial charge in [0.2, 0.25) is 0 Å². The number of anilines is 1. The molecule has 10 nitrogen and oxygen atoms in total. The van der Waals surface area contributed by atoms with Crippen LogP contribution in [0.5, 0.6) is 0 Å². The lowest BCUT2D eigenvalue weighted by Crippen LogP contribution is -2.55. The Hall–Kier alpha value is -3.96. The Morgan fingerprint density at radius 3 is 2.52 bits per heavy atom. The van der Waals surface area contributed by atoms with E-state index in [-0.39, 0.29) is 40.4 Å².